The zero-order valence-corrected chi connectivity index (χ0v) is 25.6. The van der Waals surface area contributed by atoms with E-state index in [2.05, 4.69) is 20.5 Å². The first kappa shape index (κ1) is 32.3. The van der Waals surface area contributed by atoms with Crippen LogP contribution in [0.15, 0.2) is 102 Å². The van der Waals surface area contributed by atoms with Gasteiger partial charge in [-0.2, -0.15) is 25.3 Å². The third-order valence-electron chi connectivity index (χ3n) is 6.68. The van der Waals surface area contributed by atoms with E-state index < -0.39 is 67.3 Å². The highest BCUT2D eigenvalue weighted by atomic mass is 32.2. The molecule has 7 N–H and O–H groups in total. The lowest BCUT2D eigenvalue weighted by Crippen LogP contribution is -2.08. The second-order valence-electron chi connectivity index (χ2n) is 9.77. The Kier molecular flexibility index (Phi) is 8.01. The molecule has 46 heavy (non-hydrogen) atoms. The third-order valence-corrected chi connectivity index (χ3v) is 9.31. The van der Waals surface area contributed by atoms with E-state index in [0.717, 1.165) is 29.8 Å². The molecule has 0 bridgehead atoms. The van der Waals surface area contributed by atoms with E-state index in [4.69, 9.17) is 5.73 Å². The van der Waals surface area contributed by atoms with E-state index in [1.807, 2.05) is 0 Å². The van der Waals surface area contributed by atoms with Crippen molar-refractivity contribution in [3.63, 3.8) is 0 Å². The Labute approximate surface area is 260 Å². The Morgan fingerprint density at radius 3 is 1.67 bits per heavy atom. The van der Waals surface area contributed by atoms with Crippen molar-refractivity contribution in [3.8, 4) is 11.5 Å². The van der Waals surface area contributed by atoms with Gasteiger partial charge in [-0.1, -0.05) is 18.2 Å². The molecule has 0 radical (unpaired) electrons. The van der Waals surface area contributed by atoms with Gasteiger partial charge < -0.3 is 15.9 Å². The number of azo groups is 2. The first-order chi connectivity index (χ1) is 21.4. The van der Waals surface area contributed by atoms with E-state index in [1.165, 1.54) is 30.3 Å². The molecule has 0 amide bonds. The number of aryl methyl sites for hydroxylation is 1. The summed E-state index contributed by atoms with van der Waals surface area (Å²) >= 11 is 0. The van der Waals surface area contributed by atoms with Gasteiger partial charge in [0.2, 0.25) is 0 Å². The summed E-state index contributed by atoms with van der Waals surface area (Å²) in [5.41, 5.74) is 5.85. The summed E-state index contributed by atoms with van der Waals surface area (Å²) in [4.78, 5) is -2.58. The van der Waals surface area contributed by atoms with Gasteiger partial charge >= 0.3 is 0 Å². The Balaban J connectivity index is 1.69. The average Bonchev–Trinajstić information content (AvgIpc) is 2.94. The molecule has 0 fully saturated rings. The van der Waals surface area contributed by atoms with Crippen molar-refractivity contribution in [1.29, 1.82) is 0 Å². The van der Waals surface area contributed by atoms with Gasteiger partial charge in [0, 0.05) is 16.2 Å². The molecule has 19 heteroatoms. The minimum atomic E-state index is -5.13. The number of nitrogens with two attached hydrogens (primary N) is 1. The number of hydrogen-bond donors (Lipinski definition) is 6. The molecule has 0 aromatic heterocycles. The summed E-state index contributed by atoms with van der Waals surface area (Å²) in [5.74, 6) is -1.00. The van der Waals surface area contributed by atoms with Crippen molar-refractivity contribution in [2.45, 2.75) is 21.6 Å². The lowest BCUT2D eigenvalue weighted by molar-refractivity contribution is 0.475. The second-order valence-corrected chi connectivity index (χ2v) is 14.0. The van der Waals surface area contributed by atoms with E-state index in [9.17, 15) is 49.1 Å². The van der Waals surface area contributed by atoms with E-state index in [1.54, 1.807) is 13.0 Å². The molecule has 16 nitrogen and oxygen atoms in total. The number of hydrogen-bond acceptors (Lipinski definition) is 13. The van der Waals surface area contributed by atoms with Crippen LogP contribution in [0, 0.1) is 6.92 Å². The fourth-order valence-electron chi connectivity index (χ4n) is 4.53. The molecule has 0 aliphatic heterocycles. The SMILES string of the molecule is Cc1ccc(N=Nc2ccc(N=Nc3ccc4c(S(=O)(=O)O)cc(S(=O)(=O)O)c(N)c4c3O)c3cc(S(=O)(=O)O)ccc23)c(O)c1. The van der Waals surface area contributed by atoms with Crippen molar-refractivity contribution >= 4 is 80.3 Å². The summed E-state index contributed by atoms with van der Waals surface area (Å²) in [6, 6.07) is 13.6. The first-order valence-corrected chi connectivity index (χ1v) is 16.9. The Morgan fingerprint density at radius 1 is 0.565 bits per heavy atom. The zero-order valence-electron chi connectivity index (χ0n) is 23.1. The van der Waals surface area contributed by atoms with Crippen LogP contribution in [-0.2, 0) is 30.4 Å². The van der Waals surface area contributed by atoms with Gasteiger partial charge in [0.1, 0.15) is 26.9 Å². The lowest BCUT2D eigenvalue weighted by atomic mass is 10.1. The van der Waals surface area contributed by atoms with Crippen LogP contribution in [0.4, 0.5) is 28.4 Å². The number of anilines is 1. The van der Waals surface area contributed by atoms with Gasteiger partial charge in [0.15, 0.2) is 5.75 Å². The highest BCUT2D eigenvalue weighted by Gasteiger charge is 2.26. The summed E-state index contributed by atoms with van der Waals surface area (Å²) < 4.78 is 100. The number of nitrogen functional groups attached to an aromatic ring is 1. The molecule has 5 aromatic rings. The van der Waals surface area contributed by atoms with Gasteiger partial charge in [-0.3, -0.25) is 13.7 Å². The normalized spacial score (nSPS) is 13.0. The molecule has 238 valence electrons. The van der Waals surface area contributed by atoms with Crippen LogP contribution in [-0.4, -0.2) is 49.1 Å². The maximum atomic E-state index is 12.0. The minimum absolute atomic E-state index is 0.0181. The number of phenolic OH excluding ortho intramolecular Hbond substituents is 2. The van der Waals surface area contributed by atoms with E-state index in [0.29, 0.717) is 6.07 Å². The fourth-order valence-corrected chi connectivity index (χ4v) is 6.47. The van der Waals surface area contributed by atoms with Crippen LogP contribution in [0.3, 0.4) is 0 Å². The maximum absolute atomic E-state index is 12.0. The van der Waals surface area contributed by atoms with E-state index in [-0.39, 0.29) is 39.3 Å². The molecule has 0 heterocycles. The number of rotatable bonds is 7. The third kappa shape index (κ3) is 6.22. The van der Waals surface area contributed by atoms with Crippen molar-refractivity contribution in [2.75, 3.05) is 5.73 Å². The number of phenols is 2. The second kappa shape index (κ2) is 11.4. The average molecular weight is 688 g/mol. The number of aromatic hydroxyl groups is 2. The summed E-state index contributed by atoms with van der Waals surface area (Å²) in [6.07, 6.45) is 0. The maximum Gasteiger partial charge on any atom is 0.296 e. The van der Waals surface area contributed by atoms with Gasteiger partial charge in [0.05, 0.1) is 27.3 Å². The van der Waals surface area contributed by atoms with E-state index >= 15 is 0 Å². The molecule has 0 aliphatic carbocycles. The topological polar surface area (TPSA) is 279 Å². The van der Waals surface area contributed by atoms with Crippen molar-refractivity contribution < 1.29 is 49.1 Å². The highest BCUT2D eigenvalue weighted by molar-refractivity contribution is 7.87. The monoisotopic (exact) mass is 687 g/mol. The Hall–Kier alpha value is -5.05. The molecular formula is C27H21N5O11S3. The standard InChI is InChI=1S/C27H21N5O11S3/c1-13-2-6-20(22(33)10-13)31-29-18-8-9-19(17-11-14(44(35,36)37)3-4-15(17)18)30-32-21-7-5-16-23(45(38,39)40)12-24(46(41,42)43)26(28)25(16)27(21)34/h2-12,33-34H,28H2,1H3,(H,35,36,37)(H,38,39,40)(H,41,42,43). The van der Waals surface area contributed by atoms with Crippen molar-refractivity contribution in [3.05, 3.63) is 72.3 Å². The Bertz CT molecular complexity index is 2500. The largest absolute Gasteiger partial charge is 0.506 e. The van der Waals surface area contributed by atoms with Crippen LogP contribution < -0.4 is 5.73 Å². The minimum Gasteiger partial charge on any atom is -0.506 e. The molecule has 5 aromatic carbocycles. The summed E-state index contributed by atoms with van der Waals surface area (Å²) in [7, 11) is -14.9. The van der Waals surface area contributed by atoms with Crippen LogP contribution in [0.2, 0.25) is 0 Å². The molecule has 0 aliphatic rings. The van der Waals surface area contributed by atoms with Gasteiger partial charge in [-0.05, 0) is 61.0 Å². The smallest absolute Gasteiger partial charge is 0.296 e. The quantitative estimate of drug-likeness (QED) is 0.0666. The van der Waals surface area contributed by atoms with Crippen LogP contribution in [0.1, 0.15) is 5.56 Å². The van der Waals surface area contributed by atoms with Crippen LogP contribution in [0.25, 0.3) is 21.5 Å². The summed E-state index contributed by atoms with van der Waals surface area (Å²) in [6.45, 7) is 1.77. The fraction of sp³-hybridized carbons (Fsp3) is 0.0370. The summed E-state index contributed by atoms with van der Waals surface area (Å²) in [5, 5.41) is 36.7. The lowest BCUT2D eigenvalue weighted by Gasteiger charge is -2.13. The Morgan fingerprint density at radius 2 is 1.09 bits per heavy atom. The molecule has 0 saturated carbocycles. The molecule has 0 spiro atoms. The van der Waals surface area contributed by atoms with Crippen LogP contribution >= 0.6 is 0 Å². The number of benzene rings is 5. The van der Waals surface area contributed by atoms with Crippen LogP contribution in [0.5, 0.6) is 11.5 Å². The molecular weight excluding hydrogens is 667 g/mol. The van der Waals surface area contributed by atoms with Crippen molar-refractivity contribution in [1.82, 2.24) is 0 Å². The molecule has 0 atom stereocenters. The highest BCUT2D eigenvalue weighted by Crippen LogP contribution is 2.44. The number of fused-ring (bicyclic) bond motifs is 2. The predicted molar refractivity (Wildman–Crippen MR) is 165 cm³/mol. The van der Waals surface area contributed by atoms with Gasteiger partial charge in [-0.25, -0.2) is 0 Å². The molecule has 0 saturated heterocycles. The number of nitrogens with zero attached hydrogens (tertiary/aromatic N) is 4. The molecule has 0 unspecified atom stereocenters. The zero-order chi connectivity index (χ0) is 33.8. The van der Waals surface area contributed by atoms with Gasteiger partial charge in [0.25, 0.3) is 30.4 Å². The van der Waals surface area contributed by atoms with Crippen molar-refractivity contribution in [2.24, 2.45) is 20.5 Å². The molecule has 5 rings (SSSR count). The van der Waals surface area contributed by atoms with Gasteiger partial charge in [-0.15, -0.1) is 20.5 Å². The predicted octanol–water partition coefficient (Wildman–Crippen LogP) is 5.87. The first-order valence-electron chi connectivity index (χ1n) is 12.6.